The Morgan fingerprint density at radius 3 is 2.54 bits per heavy atom. The topological polar surface area (TPSA) is 79.2 Å². The molecule has 1 aliphatic rings. The maximum Gasteiger partial charge on any atom is 0.309 e. The lowest BCUT2D eigenvalue weighted by atomic mass is 9.81. The summed E-state index contributed by atoms with van der Waals surface area (Å²) in [6.45, 7) is 7.32. The van der Waals surface area contributed by atoms with E-state index in [2.05, 4.69) is 30.9 Å². The van der Waals surface area contributed by atoms with E-state index in [1.54, 1.807) is 13.0 Å². The Morgan fingerprint density at radius 2 is 1.91 bits per heavy atom. The molecule has 194 valence electrons. The number of ether oxygens (including phenoxy) is 2. The summed E-state index contributed by atoms with van der Waals surface area (Å²) in [7, 11) is -3.09. The van der Waals surface area contributed by atoms with Gasteiger partial charge in [0, 0.05) is 29.5 Å². The number of thioether (sulfide) groups is 1. The molecule has 35 heavy (non-hydrogen) atoms. The predicted molar refractivity (Wildman–Crippen MR) is 147 cm³/mol. The van der Waals surface area contributed by atoms with Crippen LogP contribution in [0, 0.1) is 5.41 Å². The molecule has 0 fully saturated rings. The van der Waals surface area contributed by atoms with E-state index in [-0.39, 0.29) is 24.4 Å². The van der Waals surface area contributed by atoms with E-state index < -0.39 is 10.6 Å². The molecule has 0 amide bonds. The van der Waals surface area contributed by atoms with Gasteiger partial charge in [-0.2, -0.15) is 10.6 Å². The van der Waals surface area contributed by atoms with Crippen molar-refractivity contribution in [2.24, 2.45) is 5.41 Å². The monoisotopic (exact) mass is 521 g/mol. The fraction of sp³-hybridized carbons (Fsp3) is 0.519. The highest BCUT2D eigenvalue weighted by atomic mass is 32.3. The first-order valence-electron chi connectivity index (χ1n) is 12.4. The minimum absolute atomic E-state index is 0.140. The van der Waals surface area contributed by atoms with E-state index in [9.17, 15) is 13.9 Å². The van der Waals surface area contributed by atoms with Gasteiger partial charge in [0.25, 0.3) is 0 Å². The Labute approximate surface area is 215 Å². The van der Waals surface area contributed by atoms with Crippen LogP contribution in [0.2, 0.25) is 0 Å². The number of benzene rings is 2. The molecule has 0 bridgehead atoms. The zero-order chi connectivity index (χ0) is 25.5. The number of nitrogens with zero attached hydrogens (tertiary/aromatic N) is 1. The van der Waals surface area contributed by atoms with Crippen molar-refractivity contribution in [1.82, 2.24) is 0 Å². The van der Waals surface area contributed by atoms with E-state index in [1.165, 1.54) is 11.8 Å². The first-order valence-corrected chi connectivity index (χ1v) is 15.3. The average Bonchev–Trinajstić information content (AvgIpc) is 2.95. The van der Waals surface area contributed by atoms with Gasteiger partial charge in [-0.1, -0.05) is 44.9 Å². The highest BCUT2D eigenvalue weighted by Crippen LogP contribution is 2.62. The van der Waals surface area contributed by atoms with E-state index in [0.717, 1.165) is 42.0 Å². The number of unbranched alkanes of at least 4 members (excludes halogenated alkanes) is 1. The predicted octanol–water partition coefficient (Wildman–Crippen LogP) is 7.59. The second-order valence-corrected chi connectivity index (χ2v) is 12.0. The summed E-state index contributed by atoms with van der Waals surface area (Å²) in [5, 5.41) is 0. The van der Waals surface area contributed by atoms with Gasteiger partial charge < -0.3 is 14.4 Å². The molecule has 6 nitrogen and oxygen atoms in total. The lowest BCUT2D eigenvalue weighted by Gasteiger charge is -2.41. The summed E-state index contributed by atoms with van der Waals surface area (Å²) in [5.74, 6) is 0.579. The number of carbonyl (C=O) groups is 1. The van der Waals surface area contributed by atoms with Crippen LogP contribution in [0.1, 0.15) is 52.9 Å². The molecule has 2 aromatic rings. The summed E-state index contributed by atoms with van der Waals surface area (Å²) < 4.78 is 34.2. The number of carbonyl (C=O) groups excluding carboxylic acids is 1. The highest BCUT2D eigenvalue weighted by molar-refractivity contribution is 8.24. The molecule has 1 unspecified atom stereocenters. The summed E-state index contributed by atoms with van der Waals surface area (Å²) in [5.41, 5.74) is 1.61. The van der Waals surface area contributed by atoms with Gasteiger partial charge in [0.1, 0.15) is 5.75 Å². The van der Waals surface area contributed by atoms with E-state index in [1.807, 2.05) is 30.5 Å². The Bertz CT molecular complexity index is 985. The highest BCUT2D eigenvalue weighted by Gasteiger charge is 2.42. The molecule has 0 radical (unpaired) electrons. The number of esters is 1. The van der Waals surface area contributed by atoms with Crippen molar-refractivity contribution in [2.75, 3.05) is 36.7 Å². The third-order valence-electron chi connectivity index (χ3n) is 6.64. The Morgan fingerprint density at radius 1 is 1.17 bits per heavy atom. The Hall–Kier alpha value is -1.87. The molecule has 1 aliphatic heterocycles. The minimum atomic E-state index is -3.09. The molecular weight excluding hydrogens is 482 g/mol. The van der Waals surface area contributed by atoms with Gasteiger partial charge in [-0.3, -0.25) is 13.9 Å². The van der Waals surface area contributed by atoms with Crippen LogP contribution in [-0.2, 0) is 9.53 Å². The molecule has 1 atom stereocenters. The minimum Gasteiger partial charge on any atom is -0.492 e. The number of fused-ring (bicyclic) bond motifs is 1. The lowest BCUT2D eigenvalue weighted by Crippen LogP contribution is -2.37. The van der Waals surface area contributed by atoms with Gasteiger partial charge in [0.15, 0.2) is 0 Å². The van der Waals surface area contributed by atoms with Gasteiger partial charge in [-0.05, 0) is 44.2 Å². The number of anilines is 2. The fourth-order valence-corrected chi connectivity index (χ4v) is 7.45. The van der Waals surface area contributed by atoms with Crippen LogP contribution in [0.25, 0.3) is 0 Å². The quantitative estimate of drug-likeness (QED) is 0.233. The molecule has 0 aromatic heterocycles. The second kappa shape index (κ2) is 12.4. The molecule has 0 saturated carbocycles. The summed E-state index contributed by atoms with van der Waals surface area (Å²) in [6, 6.07) is 14.0. The second-order valence-electron chi connectivity index (χ2n) is 9.06. The number of rotatable bonds is 11. The van der Waals surface area contributed by atoms with Gasteiger partial charge in [0.05, 0.1) is 35.1 Å². The first-order chi connectivity index (χ1) is 16.8. The normalized spacial score (nSPS) is 20.0. The van der Waals surface area contributed by atoms with Crippen LogP contribution in [0.4, 0.5) is 11.4 Å². The van der Waals surface area contributed by atoms with E-state index in [0.29, 0.717) is 29.5 Å². The van der Waals surface area contributed by atoms with Crippen molar-refractivity contribution >= 4 is 39.7 Å². The standard InChI is InChI=1S/C27H39NO5S2/c1-5-8-15-27(6-2)19-28(21-12-10-9-11-13-21)22-17-24(34-4)23(18-25(22)35(30,31)20-27)33-16-14-26(29)32-7-3/h9-13,17-18,30-31H,5-8,14-16,19-20H2,1-4H3. The Balaban J connectivity index is 2.08. The molecule has 2 aromatic carbocycles. The van der Waals surface area contributed by atoms with Crippen LogP contribution in [0.5, 0.6) is 5.75 Å². The summed E-state index contributed by atoms with van der Waals surface area (Å²) >= 11 is 1.54. The van der Waals surface area contributed by atoms with Crippen LogP contribution in [0.3, 0.4) is 0 Å². The molecule has 0 aliphatic carbocycles. The molecular formula is C27H39NO5S2. The van der Waals surface area contributed by atoms with Gasteiger partial charge >= 0.3 is 5.97 Å². The molecule has 3 rings (SSSR count). The first kappa shape index (κ1) is 27.7. The van der Waals surface area contributed by atoms with Crippen molar-refractivity contribution in [3.63, 3.8) is 0 Å². The van der Waals surface area contributed by atoms with Gasteiger partial charge in [-0.15, -0.1) is 11.8 Å². The number of hydrogen-bond donors (Lipinski definition) is 2. The molecule has 1 heterocycles. The smallest absolute Gasteiger partial charge is 0.309 e. The number of hydrogen-bond acceptors (Lipinski definition) is 7. The van der Waals surface area contributed by atoms with Crippen LogP contribution in [-0.4, -0.2) is 46.8 Å². The van der Waals surface area contributed by atoms with Crippen molar-refractivity contribution in [3.8, 4) is 5.75 Å². The van der Waals surface area contributed by atoms with Crippen LogP contribution < -0.4 is 9.64 Å². The zero-order valence-electron chi connectivity index (χ0n) is 21.3. The lowest BCUT2D eigenvalue weighted by molar-refractivity contribution is -0.143. The van der Waals surface area contributed by atoms with E-state index >= 15 is 0 Å². The van der Waals surface area contributed by atoms with Gasteiger partial charge in [-0.25, -0.2) is 0 Å². The van der Waals surface area contributed by atoms with Crippen molar-refractivity contribution in [3.05, 3.63) is 42.5 Å². The largest absolute Gasteiger partial charge is 0.492 e. The fourth-order valence-electron chi connectivity index (χ4n) is 4.66. The van der Waals surface area contributed by atoms with Gasteiger partial charge in [0.2, 0.25) is 0 Å². The number of para-hydroxylation sites is 1. The van der Waals surface area contributed by atoms with Crippen molar-refractivity contribution < 1.29 is 23.4 Å². The molecule has 0 spiro atoms. The van der Waals surface area contributed by atoms with Crippen molar-refractivity contribution in [2.45, 2.75) is 62.7 Å². The molecule has 8 heteroatoms. The Kier molecular flexibility index (Phi) is 9.81. The summed E-state index contributed by atoms with van der Waals surface area (Å²) in [4.78, 5) is 15.4. The van der Waals surface area contributed by atoms with Crippen molar-refractivity contribution in [1.29, 1.82) is 0 Å². The third kappa shape index (κ3) is 6.67. The SMILES string of the molecule is CCCCC1(CC)CN(c2ccccc2)c2cc(SC)c(OCCC(=O)OCC)cc2S(O)(O)C1. The maximum atomic E-state index is 11.8. The molecule has 0 saturated heterocycles. The van der Waals surface area contributed by atoms with E-state index in [4.69, 9.17) is 9.47 Å². The third-order valence-corrected chi connectivity index (χ3v) is 9.44. The zero-order valence-corrected chi connectivity index (χ0v) is 22.9. The van der Waals surface area contributed by atoms with Crippen LogP contribution >= 0.6 is 22.4 Å². The molecule has 2 N–H and O–H groups in total. The average molecular weight is 522 g/mol. The maximum absolute atomic E-state index is 11.8. The van der Waals surface area contributed by atoms with Crippen LogP contribution in [0.15, 0.2) is 52.3 Å². The summed E-state index contributed by atoms with van der Waals surface area (Å²) in [6.07, 6.45) is 6.01.